The van der Waals surface area contributed by atoms with Crippen LogP contribution in [0.25, 0.3) is 0 Å². The van der Waals surface area contributed by atoms with Crippen molar-refractivity contribution in [3.63, 3.8) is 0 Å². The number of unbranched alkanes of at least 4 members (excludes halogenated alkanes) is 2. The molecule has 8 N–H and O–H groups in total. The first-order valence-electron chi connectivity index (χ1n) is 19.7. The van der Waals surface area contributed by atoms with Crippen molar-refractivity contribution in [2.45, 2.75) is 79.1 Å². The fourth-order valence-electron chi connectivity index (χ4n) is 5.93. The highest BCUT2D eigenvalue weighted by Gasteiger charge is 2.13. The van der Waals surface area contributed by atoms with Gasteiger partial charge in [-0.05, 0) is 73.2 Å². The normalized spacial score (nSPS) is 12.3. The number of rotatable bonds is 26. The number of hydrogen-bond donors (Lipinski definition) is 6. The van der Waals surface area contributed by atoms with E-state index in [2.05, 4.69) is 94.0 Å². The number of nitrogens with zero attached hydrogens (tertiary/aromatic N) is 9. The molecular weight excluding hydrogens is 695 g/mol. The molecule has 16 heteroatoms. The Morgan fingerprint density at radius 3 is 1.42 bits per heavy atom. The van der Waals surface area contributed by atoms with Crippen LogP contribution in [0, 0.1) is 11.8 Å². The summed E-state index contributed by atoms with van der Waals surface area (Å²) in [5.74, 6) is 3.99. The van der Waals surface area contributed by atoms with Crippen molar-refractivity contribution in [2.75, 3.05) is 84.0 Å². The number of ether oxygens (including phenoxy) is 1. The lowest BCUT2D eigenvalue weighted by Crippen LogP contribution is -2.34. The van der Waals surface area contributed by atoms with Gasteiger partial charge in [-0.25, -0.2) is 0 Å². The van der Waals surface area contributed by atoms with Crippen LogP contribution in [0.3, 0.4) is 0 Å². The largest absolute Gasteiger partial charge is 0.497 e. The summed E-state index contributed by atoms with van der Waals surface area (Å²) in [6.45, 7) is 12.8. The van der Waals surface area contributed by atoms with E-state index in [4.69, 9.17) is 16.2 Å². The molecule has 0 bridgehead atoms. The summed E-state index contributed by atoms with van der Waals surface area (Å²) in [6.07, 6.45) is 9.28. The average Bonchev–Trinajstić information content (AvgIpc) is 3.19. The van der Waals surface area contributed by atoms with Crippen molar-refractivity contribution < 1.29 is 4.74 Å². The molecule has 2 aromatic carbocycles. The predicted molar refractivity (Wildman–Crippen MR) is 225 cm³/mol. The van der Waals surface area contributed by atoms with Gasteiger partial charge in [0.25, 0.3) is 0 Å². The van der Waals surface area contributed by atoms with E-state index in [-0.39, 0.29) is 11.9 Å². The second-order valence-electron chi connectivity index (χ2n) is 13.5. The Labute approximate surface area is 326 Å². The van der Waals surface area contributed by atoms with Crippen LogP contribution in [0.1, 0.15) is 79.1 Å². The van der Waals surface area contributed by atoms with Gasteiger partial charge in [-0.2, -0.15) is 40.1 Å². The van der Waals surface area contributed by atoms with Gasteiger partial charge < -0.3 is 42.4 Å². The SMILES string of the molecule is CCCCC(CC)CNc1nc(N)nc(NCCN(CCNc2nc(N)nc(NCC(CC)CCCC)n2)c2ccc(N=Nc3ccc(OC)cc3)cc2)n1. The van der Waals surface area contributed by atoms with Crippen LogP contribution < -0.4 is 42.4 Å². The van der Waals surface area contributed by atoms with Crippen LogP contribution in [0.5, 0.6) is 5.75 Å². The molecule has 2 unspecified atom stereocenters. The Balaban J connectivity index is 1.42. The summed E-state index contributed by atoms with van der Waals surface area (Å²) in [5, 5.41) is 22.2. The molecule has 4 aromatic rings. The van der Waals surface area contributed by atoms with Crippen LogP contribution in [0.2, 0.25) is 0 Å². The minimum atomic E-state index is 0.165. The molecule has 0 spiro atoms. The second-order valence-corrected chi connectivity index (χ2v) is 13.5. The van der Waals surface area contributed by atoms with Crippen molar-refractivity contribution in [3.8, 4) is 5.75 Å². The average molecular weight is 756 g/mol. The predicted octanol–water partition coefficient (Wildman–Crippen LogP) is 7.93. The monoisotopic (exact) mass is 756 g/mol. The minimum absolute atomic E-state index is 0.165. The van der Waals surface area contributed by atoms with Gasteiger partial charge in [-0.3, -0.25) is 0 Å². The third kappa shape index (κ3) is 15.0. The number of nitrogen functional groups attached to an aromatic ring is 2. The summed E-state index contributed by atoms with van der Waals surface area (Å²) < 4.78 is 5.24. The van der Waals surface area contributed by atoms with Crippen molar-refractivity contribution in [1.82, 2.24) is 29.9 Å². The number of benzene rings is 2. The molecule has 2 heterocycles. The zero-order chi connectivity index (χ0) is 39.3. The fourth-order valence-corrected chi connectivity index (χ4v) is 5.93. The smallest absolute Gasteiger partial charge is 0.229 e. The number of methoxy groups -OCH3 is 1. The van der Waals surface area contributed by atoms with E-state index in [9.17, 15) is 0 Å². The molecule has 0 radical (unpaired) electrons. The van der Waals surface area contributed by atoms with E-state index in [1.54, 1.807) is 7.11 Å². The highest BCUT2D eigenvalue weighted by molar-refractivity contribution is 5.54. The molecule has 298 valence electrons. The number of hydrogen-bond acceptors (Lipinski definition) is 16. The zero-order valence-corrected chi connectivity index (χ0v) is 33.3. The minimum Gasteiger partial charge on any atom is -0.497 e. The lowest BCUT2D eigenvalue weighted by Gasteiger charge is -2.25. The Morgan fingerprint density at radius 1 is 0.600 bits per heavy atom. The first kappa shape index (κ1) is 42.2. The van der Waals surface area contributed by atoms with Crippen molar-refractivity contribution in [1.29, 1.82) is 0 Å². The van der Waals surface area contributed by atoms with E-state index < -0.39 is 0 Å². The van der Waals surface area contributed by atoms with Crippen LogP contribution in [0.15, 0.2) is 58.8 Å². The first-order valence-corrected chi connectivity index (χ1v) is 19.7. The second kappa shape index (κ2) is 23.3. The zero-order valence-electron chi connectivity index (χ0n) is 33.3. The Bertz CT molecular complexity index is 1630. The maximum absolute atomic E-state index is 6.08. The van der Waals surface area contributed by atoms with Crippen LogP contribution in [-0.4, -0.2) is 76.3 Å². The summed E-state index contributed by atoms with van der Waals surface area (Å²) in [6, 6.07) is 15.4. The van der Waals surface area contributed by atoms with E-state index in [0.717, 1.165) is 48.7 Å². The molecule has 4 rings (SSSR count). The van der Waals surface area contributed by atoms with Gasteiger partial charge in [0.2, 0.25) is 35.7 Å². The van der Waals surface area contributed by atoms with Gasteiger partial charge in [0.05, 0.1) is 18.5 Å². The summed E-state index contributed by atoms with van der Waals surface area (Å²) in [4.78, 5) is 28.7. The van der Waals surface area contributed by atoms with Crippen molar-refractivity contribution >= 4 is 52.8 Å². The van der Waals surface area contributed by atoms with Crippen molar-refractivity contribution in [3.05, 3.63) is 48.5 Å². The first-order chi connectivity index (χ1) is 26.8. The molecule has 0 amide bonds. The highest BCUT2D eigenvalue weighted by atomic mass is 16.5. The topological polar surface area (TPSA) is 215 Å². The maximum Gasteiger partial charge on any atom is 0.229 e. The molecule has 2 aromatic heterocycles. The molecule has 2 atom stereocenters. The number of nitrogens with one attached hydrogen (secondary N) is 4. The summed E-state index contributed by atoms with van der Waals surface area (Å²) in [7, 11) is 1.64. The quantitative estimate of drug-likeness (QED) is 0.0336. The van der Waals surface area contributed by atoms with Gasteiger partial charge in [0.1, 0.15) is 5.75 Å². The van der Waals surface area contributed by atoms with E-state index in [1.807, 2.05) is 48.5 Å². The molecule has 0 saturated heterocycles. The van der Waals surface area contributed by atoms with Gasteiger partial charge in [-0.1, -0.05) is 66.2 Å². The highest BCUT2D eigenvalue weighted by Crippen LogP contribution is 2.24. The van der Waals surface area contributed by atoms with Gasteiger partial charge in [0, 0.05) is 45.0 Å². The van der Waals surface area contributed by atoms with Gasteiger partial charge in [0.15, 0.2) is 0 Å². The van der Waals surface area contributed by atoms with Gasteiger partial charge >= 0.3 is 0 Å². The van der Waals surface area contributed by atoms with Gasteiger partial charge in [-0.15, -0.1) is 0 Å². The number of azo groups is 1. The van der Waals surface area contributed by atoms with Crippen LogP contribution >= 0.6 is 0 Å². The lowest BCUT2D eigenvalue weighted by atomic mass is 9.99. The van der Waals surface area contributed by atoms with E-state index >= 15 is 0 Å². The molecule has 0 aliphatic rings. The molecule has 55 heavy (non-hydrogen) atoms. The van der Waals surface area contributed by atoms with Crippen molar-refractivity contribution in [2.24, 2.45) is 22.1 Å². The Kier molecular flexibility index (Phi) is 17.9. The third-order valence-corrected chi connectivity index (χ3v) is 9.39. The fraction of sp³-hybridized carbons (Fsp3) is 0.538. The Hall–Kier alpha value is -5.54. The van der Waals surface area contributed by atoms with Crippen LogP contribution in [-0.2, 0) is 0 Å². The summed E-state index contributed by atoms with van der Waals surface area (Å²) in [5.41, 5.74) is 14.6. The molecule has 16 nitrogen and oxygen atoms in total. The van der Waals surface area contributed by atoms with Crippen LogP contribution in [0.4, 0.5) is 52.8 Å². The number of nitrogens with two attached hydrogens (primary N) is 2. The standard InChI is InChI=1S/C39H61N15O/c1-6-10-12-28(8-3)26-44-38-48-34(40)46-36(50-38)42-22-24-54(32-18-14-30(15-19-32)52-53-31-16-20-33(55-5)21-17-31)25-23-43-37-47-35(41)49-39(51-37)45-27-29(9-4)13-11-7-2/h14-21,28-29H,6-13,22-27H2,1-5H3,(H4,40,42,44,46,48,50)(H4,41,43,45,47,49,51). The van der Waals surface area contributed by atoms with E-state index in [0.29, 0.717) is 61.8 Å². The molecule has 0 aliphatic heterocycles. The van der Waals surface area contributed by atoms with E-state index in [1.165, 1.54) is 38.5 Å². The molecule has 0 fully saturated rings. The Morgan fingerprint density at radius 2 is 1.02 bits per heavy atom. The molecule has 0 saturated carbocycles. The molecular formula is C39H61N15O. The number of anilines is 7. The molecule has 0 aliphatic carbocycles. The number of aromatic nitrogens is 6. The maximum atomic E-state index is 6.08. The lowest BCUT2D eigenvalue weighted by molar-refractivity contribution is 0.415. The summed E-state index contributed by atoms with van der Waals surface area (Å²) >= 11 is 0. The third-order valence-electron chi connectivity index (χ3n) is 9.39.